The molecule has 0 amide bonds. The molecule has 0 spiro atoms. The Labute approximate surface area is 129 Å². The van der Waals surface area contributed by atoms with Crippen molar-refractivity contribution in [2.75, 3.05) is 0 Å². The summed E-state index contributed by atoms with van der Waals surface area (Å²) in [5, 5.41) is 1.56. The van der Waals surface area contributed by atoms with Crippen molar-refractivity contribution in [1.29, 1.82) is 0 Å². The predicted octanol–water partition coefficient (Wildman–Crippen LogP) is 5.44. The van der Waals surface area contributed by atoms with Crippen LogP contribution in [0.4, 0.5) is 0 Å². The van der Waals surface area contributed by atoms with E-state index in [9.17, 15) is 0 Å². The van der Waals surface area contributed by atoms with Crippen molar-refractivity contribution in [2.24, 2.45) is 0 Å². The van der Waals surface area contributed by atoms with E-state index in [0.717, 1.165) is 34.9 Å². The van der Waals surface area contributed by atoms with E-state index in [0.29, 0.717) is 5.92 Å². The number of halogens is 2. The summed E-state index contributed by atoms with van der Waals surface area (Å²) in [6.45, 7) is 0. The van der Waals surface area contributed by atoms with Gasteiger partial charge in [0, 0.05) is 22.4 Å². The molecule has 0 bridgehead atoms. The molecule has 1 unspecified atom stereocenters. The minimum Gasteiger partial charge on any atom is -0.264 e. The Hall–Kier alpha value is -1.05. The first-order valence-electron chi connectivity index (χ1n) is 7.11. The second kappa shape index (κ2) is 6.15. The number of benzene rings is 1. The highest BCUT2D eigenvalue weighted by atomic mass is 35.5. The number of hydrogen-bond donors (Lipinski definition) is 0. The summed E-state index contributed by atoms with van der Waals surface area (Å²) in [6, 6.07) is 7.91. The van der Waals surface area contributed by atoms with Crippen molar-refractivity contribution in [1.82, 2.24) is 4.98 Å². The number of aromatic nitrogens is 1. The molecule has 1 atom stereocenters. The first-order valence-corrected chi connectivity index (χ1v) is 7.87. The topological polar surface area (TPSA) is 12.9 Å². The van der Waals surface area contributed by atoms with Crippen LogP contribution in [0.2, 0.25) is 10.0 Å². The number of aryl methyl sites for hydroxylation is 1. The first-order chi connectivity index (χ1) is 9.75. The Kier molecular flexibility index (Phi) is 4.28. The van der Waals surface area contributed by atoms with Crippen LogP contribution in [-0.2, 0) is 12.8 Å². The van der Waals surface area contributed by atoms with Crippen molar-refractivity contribution < 1.29 is 0 Å². The molecule has 1 aromatic carbocycles. The summed E-state index contributed by atoms with van der Waals surface area (Å²) < 4.78 is 0. The number of pyridine rings is 1. The van der Waals surface area contributed by atoms with E-state index in [4.69, 9.17) is 23.2 Å². The summed E-state index contributed by atoms with van der Waals surface area (Å²) in [5.74, 6) is 0.606. The summed E-state index contributed by atoms with van der Waals surface area (Å²) >= 11 is 12.5. The van der Waals surface area contributed by atoms with Crippen LogP contribution in [0.25, 0.3) is 0 Å². The molecule has 0 saturated heterocycles. The smallest absolute Gasteiger partial charge is 0.0452 e. The molecule has 0 saturated carbocycles. The maximum absolute atomic E-state index is 6.25. The maximum Gasteiger partial charge on any atom is 0.0452 e. The third-order valence-electron chi connectivity index (χ3n) is 4.18. The second-order valence-corrected chi connectivity index (χ2v) is 6.22. The number of fused-ring (bicyclic) bond motifs is 1. The maximum atomic E-state index is 6.25. The van der Waals surface area contributed by atoms with E-state index < -0.39 is 0 Å². The lowest BCUT2D eigenvalue weighted by atomic mass is 9.81. The molecular formula is C17H17Cl2N. The summed E-state index contributed by atoms with van der Waals surface area (Å²) in [7, 11) is 0. The van der Waals surface area contributed by atoms with E-state index in [1.165, 1.54) is 24.0 Å². The third kappa shape index (κ3) is 2.84. The van der Waals surface area contributed by atoms with E-state index in [2.05, 4.69) is 11.1 Å². The van der Waals surface area contributed by atoms with E-state index in [1.54, 1.807) is 0 Å². The van der Waals surface area contributed by atoms with Crippen LogP contribution >= 0.6 is 23.2 Å². The average Bonchev–Trinajstić information content (AvgIpc) is 2.47. The minimum absolute atomic E-state index is 0.606. The minimum atomic E-state index is 0.606. The second-order valence-electron chi connectivity index (χ2n) is 5.40. The molecule has 104 valence electrons. The predicted molar refractivity (Wildman–Crippen MR) is 84.7 cm³/mol. The summed E-state index contributed by atoms with van der Waals surface area (Å²) in [4.78, 5) is 4.24. The summed E-state index contributed by atoms with van der Waals surface area (Å²) in [6.07, 6.45) is 9.61. The normalized spacial score (nSPS) is 17.8. The van der Waals surface area contributed by atoms with Crippen molar-refractivity contribution in [3.05, 3.63) is 63.4 Å². The highest BCUT2D eigenvalue weighted by Crippen LogP contribution is 2.36. The molecule has 2 aromatic rings. The fourth-order valence-electron chi connectivity index (χ4n) is 3.13. The Morgan fingerprint density at radius 1 is 1.15 bits per heavy atom. The van der Waals surface area contributed by atoms with E-state index in [-0.39, 0.29) is 0 Å². The van der Waals surface area contributed by atoms with Gasteiger partial charge in [0.25, 0.3) is 0 Å². The van der Waals surface area contributed by atoms with Gasteiger partial charge in [-0.1, -0.05) is 29.3 Å². The molecule has 0 fully saturated rings. The highest BCUT2D eigenvalue weighted by molar-refractivity contribution is 6.35. The van der Waals surface area contributed by atoms with Gasteiger partial charge in [0.1, 0.15) is 0 Å². The van der Waals surface area contributed by atoms with Crippen molar-refractivity contribution in [3.63, 3.8) is 0 Å². The van der Waals surface area contributed by atoms with Gasteiger partial charge in [-0.2, -0.15) is 0 Å². The fraction of sp³-hybridized carbons (Fsp3) is 0.353. The van der Waals surface area contributed by atoms with Gasteiger partial charge in [-0.3, -0.25) is 4.98 Å². The standard InChI is InChI=1S/C17H17Cl2N/c18-16-5-2-6-17(19)15(16)8-7-12-3-1-4-13-11-20-10-9-14(12)13/h2,5-6,9-12H,1,3-4,7-8H2. The van der Waals surface area contributed by atoms with Crippen LogP contribution < -0.4 is 0 Å². The van der Waals surface area contributed by atoms with Crippen molar-refractivity contribution in [3.8, 4) is 0 Å². The van der Waals surface area contributed by atoms with Crippen molar-refractivity contribution >= 4 is 23.2 Å². The molecule has 3 heteroatoms. The lowest BCUT2D eigenvalue weighted by Gasteiger charge is -2.25. The van der Waals surface area contributed by atoms with Gasteiger partial charge >= 0.3 is 0 Å². The van der Waals surface area contributed by atoms with Gasteiger partial charge in [-0.05, 0) is 72.9 Å². The zero-order valence-corrected chi connectivity index (χ0v) is 12.8. The van der Waals surface area contributed by atoms with Gasteiger partial charge in [-0.25, -0.2) is 0 Å². The molecule has 0 N–H and O–H groups in total. The van der Waals surface area contributed by atoms with Crippen LogP contribution in [-0.4, -0.2) is 4.98 Å². The quantitative estimate of drug-likeness (QED) is 0.735. The number of hydrogen-bond acceptors (Lipinski definition) is 1. The molecule has 1 aliphatic rings. The molecule has 1 aliphatic carbocycles. The molecule has 1 heterocycles. The Morgan fingerprint density at radius 2 is 1.95 bits per heavy atom. The summed E-state index contributed by atoms with van der Waals surface area (Å²) in [5.41, 5.74) is 3.96. The Morgan fingerprint density at radius 3 is 2.75 bits per heavy atom. The number of rotatable bonds is 3. The Bertz CT molecular complexity index is 589. The number of nitrogens with zero attached hydrogens (tertiary/aromatic N) is 1. The Balaban J connectivity index is 1.77. The molecule has 1 aromatic heterocycles. The highest BCUT2D eigenvalue weighted by Gasteiger charge is 2.20. The monoisotopic (exact) mass is 305 g/mol. The van der Waals surface area contributed by atoms with Gasteiger partial charge in [0.15, 0.2) is 0 Å². The van der Waals surface area contributed by atoms with Gasteiger partial charge in [-0.15, -0.1) is 0 Å². The molecule has 3 rings (SSSR count). The van der Waals surface area contributed by atoms with E-state index in [1.807, 2.05) is 30.6 Å². The van der Waals surface area contributed by atoms with Crippen LogP contribution in [0.5, 0.6) is 0 Å². The van der Waals surface area contributed by atoms with Crippen molar-refractivity contribution in [2.45, 2.75) is 38.0 Å². The zero-order valence-electron chi connectivity index (χ0n) is 11.3. The van der Waals surface area contributed by atoms with E-state index >= 15 is 0 Å². The molecule has 0 radical (unpaired) electrons. The molecule has 20 heavy (non-hydrogen) atoms. The lowest BCUT2D eigenvalue weighted by molar-refractivity contribution is 0.519. The first kappa shape index (κ1) is 13.9. The van der Waals surface area contributed by atoms with Crippen LogP contribution in [0.1, 0.15) is 41.9 Å². The largest absolute Gasteiger partial charge is 0.264 e. The third-order valence-corrected chi connectivity index (χ3v) is 4.89. The van der Waals surface area contributed by atoms with Crippen LogP contribution in [0, 0.1) is 0 Å². The molecule has 0 aliphatic heterocycles. The fourth-order valence-corrected chi connectivity index (χ4v) is 3.72. The van der Waals surface area contributed by atoms with Gasteiger partial charge in [0.2, 0.25) is 0 Å². The van der Waals surface area contributed by atoms with Gasteiger partial charge < -0.3 is 0 Å². The zero-order chi connectivity index (χ0) is 13.9. The molecular weight excluding hydrogens is 289 g/mol. The van der Waals surface area contributed by atoms with Crippen LogP contribution in [0.3, 0.4) is 0 Å². The average molecular weight is 306 g/mol. The lowest BCUT2D eigenvalue weighted by Crippen LogP contribution is -2.11. The van der Waals surface area contributed by atoms with Gasteiger partial charge in [0.05, 0.1) is 0 Å². The SMILES string of the molecule is Clc1cccc(Cl)c1CCC1CCCc2cnccc21. The van der Waals surface area contributed by atoms with Crippen LogP contribution in [0.15, 0.2) is 36.7 Å². The molecule has 1 nitrogen and oxygen atoms in total.